The molecule has 2 aliphatic heterocycles. The summed E-state index contributed by atoms with van der Waals surface area (Å²) in [5, 5.41) is 0. The largest absolute Gasteiger partial charge is 0.339 e. The normalized spacial score (nSPS) is 26.9. The van der Waals surface area contributed by atoms with E-state index in [0.717, 1.165) is 43.4 Å². The highest BCUT2D eigenvalue weighted by atomic mass is 16.2. The quantitative estimate of drug-likeness (QED) is 0.778. The molecule has 4 heterocycles. The number of nitrogens with zero attached hydrogens (tertiary/aromatic N) is 4. The zero-order valence-electron chi connectivity index (χ0n) is 10.7. The van der Waals surface area contributed by atoms with E-state index in [2.05, 4.69) is 14.9 Å². The Labute approximate surface area is 111 Å². The summed E-state index contributed by atoms with van der Waals surface area (Å²) < 4.78 is 2.00. The molecule has 2 aliphatic rings. The van der Waals surface area contributed by atoms with Crippen LogP contribution in [0.4, 0.5) is 0 Å². The van der Waals surface area contributed by atoms with Crippen LogP contribution >= 0.6 is 0 Å². The molecule has 0 spiro atoms. The molecule has 5 heteroatoms. The lowest BCUT2D eigenvalue weighted by Crippen LogP contribution is -2.40. The van der Waals surface area contributed by atoms with Crippen molar-refractivity contribution in [2.75, 3.05) is 6.54 Å². The van der Waals surface area contributed by atoms with Gasteiger partial charge in [-0.15, -0.1) is 0 Å². The monoisotopic (exact) mass is 256 g/mol. The van der Waals surface area contributed by atoms with Crippen molar-refractivity contribution in [3.05, 3.63) is 30.6 Å². The van der Waals surface area contributed by atoms with Gasteiger partial charge in [-0.2, -0.15) is 0 Å². The first kappa shape index (κ1) is 11.0. The minimum atomic E-state index is 0.316. The average molecular weight is 256 g/mol. The lowest BCUT2D eigenvalue weighted by atomic mass is 9.90. The lowest BCUT2D eigenvalue weighted by molar-refractivity contribution is -0.130. The fourth-order valence-electron chi connectivity index (χ4n) is 3.46. The number of hydrogen-bond donors (Lipinski definition) is 0. The highest BCUT2D eigenvalue weighted by Gasteiger charge is 2.37. The molecule has 0 aromatic carbocycles. The number of fused-ring (bicyclic) bond motifs is 2. The van der Waals surface area contributed by atoms with Crippen LogP contribution in [0.1, 0.15) is 37.3 Å². The highest BCUT2D eigenvalue weighted by molar-refractivity contribution is 5.79. The number of rotatable bonds is 1. The van der Waals surface area contributed by atoms with Gasteiger partial charge in [-0.3, -0.25) is 9.78 Å². The van der Waals surface area contributed by atoms with Gasteiger partial charge in [0.25, 0.3) is 0 Å². The van der Waals surface area contributed by atoms with E-state index in [1.165, 1.54) is 0 Å². The SMILES string of the molecule is O=C1CCC2CCC(c3ncn4ccncc34)CN12. The van der Waals surface area contributed by atoms with E-state index < -0.39 is 0 Å². The van der Waals surface area contributed by atoms with E-state index in [9.17, 15) is 4.79 Å². The summed E-state index contributed by atoms with van der Waals surface area (Å²) in [6.07, 6.45) is 11.4. The van der Waals surface area contributed by atoms with Crippen molar-refractivity contribution in [2.45, 2.75) is 37.6 Å². The lowest BCUT2D eigenvalue weighted by Gasteiger charge is -2.34. The molecule has 0 N–H and O–H groups in total. The van der Waals surface area contributed by atoms with Crippen molar-refractivity contribution in [1.29, 1.82) is 0 Å². The van der Waals surface area contributed by atoms with E-state index in [4.69, 9.17) is 0 Å². The first-order valence-corrected chi connectivity index (χ1v) is 6.89. The van der Waals surface area contributed by atoms with Crippen LogP contribution in [-0.4, -0.2) is 37.8 Å². The molecule has 2 aromatic heterocycles. The van der Waals surface area contributed by atoms with Gasteiger partial charge in [-0.1, -0.05) is 0 Å². The van der Waals surface area contributed by atoms with E-state index in [1.54, 1.807) is 6.20 Å². The maximum atomic E-state index is 11.9. The Balaban J connectivity index is 1.68. The smallest absolute Gasteiger partial charge is 0.222 e. The molecule has 5 nitrogen and oxygen atoms in total. The first-order valence-electron chi connectivity index (χ1n) is 6.89. The van der Waals surface area contributed by atoms with Gasteiger partial charge in [0, 0.05) is 37.3 Å². The molecule has 0 saturated carbocycles. The van der Waals surface area contributed by atoms with Crippen LogP contribution < -0.4 is 0 Å². The molecule has 2 unspecified atom stereocenters. The van der Waals surface area contributed by atoms with Gasteiger partial charge in [0.1, 0.15) is 0 Å². The third kappa shape index (κ3) is 1.64. The van der Waals surface area contributed by atoms with Gasteiger partial charge in [-0.05, 0) is 19.3 Å². The van der Waals surface area contributed by atoms with Crippen molar-refractivity contribution < 1.29 is 4.79 Å². The van der Waals surface area contributed by atoms with Gasteiger partial charge in [0.2, 0.25) is 5.91 Å². The number of amides is 1. The Morgan fingerprint density at radius 2 is 2.21 bits per heavy atom. The first-order chi connectivity index (χ1) is 9.33. The van der Waals surface area contributed by atoms with Crippen molar-refractivity contribution in [1.82, 2.24) is 19.3 Å². The third-order valence-electron chi connectivity index (χ3n) is 4.48. The number of carbonyl (C=O) groups excluding carboxylic acids is 1. The number of piperidine rings is 1. The minimum absolute atomic E-state index is 0.316. The van der Waals surface area contributed by atoms with Crippen molar-refractivity contribution in [2.24, 2.45) is 0 Å². The van der Waals surface area contributed by atoms with Crippen LogP contribution in [0.3, 0.4) is 0 Å². The number of aromatic nitrogens is 3. The summed E-state index contributed by atoms with van der Waals surface area (Å²) in [4.78, 5) is 22.7. The Bertz CT molecular complexity index is 635. The van der Waals surface area contributed by atoms with Gasteiger partial charge in [0.15, 0.2) is 0 Å². The maximum Gasteiger partial charge on any atom is 0.222 e. The van der Waals surface area contributed by atoms with E-state index in [0.29, 0.717) is 17.9 Å². The topological polar surface area (TPSA) is 50.5 Å². The molecular weight excluding hydrogens is 240 g/mol. The van der Waals surface area contributed by atoms with Gasteiger partial charge in [0.05, 0.1) is 23.7 Å². The van der Waals surface area contributed by atoms with Crippen LogP contribution in [0.15, 0.2) is 24.9 Å². The van der Waals surface area contributed by atoms with Gasteiger partial charge in [-0.25, -0.2) is 4.98 Å². The zero-order valence-corrected chi connectivity index (χ0v) is 10.7. The third-order valence-corrected chi connectivity index (χ3v) is 4.48. The summed E-state index contributed by atoms with van der Waals surface area (Å²) in [5.41, 5.74) is 2.16. The molecule has 0 radical (unpaired) electrons. The minimum Gasteiger partial charge on any atom is -0.339 e. The number of hydrogen-bond acceptors (Lipinski definition) is 3. The van der Waals surface area contributed by atoms with Crippen molar-refractivity contribution >= 4 is 11.4 Å². The second kappa shape index (κ2) is 4.05. The molecule has 0 aliphatic carbocycles. The summed E-state index contributed by atoms with van der Waals surface area (Å²) in [5.74, 6) is 0.670. The molecule has 19 heavy (non-hydrogen) atoms. The number of carbonyl (C=O) groups is 1. The summed E-state index contributed by atoms with van der Waals surface area (Å²) >= 11 is 0. The second-order valence-electron chi connectivity index (χ2n) is 5.51. The van der Waals surface area contributed by atoms with Gasteiger partial charge < -0.3 is 9.30 Å². The summed E-state index contributed by atoms with van der Waals surface area (Å²) in [6.45, 7) is 0.824. The molecule has 98 valence electrons. The Morgan fingerprint density at radius 1 is 1.26 bits per heavy atom. The Kier molecular flexibility index (Phi) is 2.33. The van der Waals surface area contributed by atoms with Crippen LogP contribution in [0.2, 0.25) is 0 Å². The predicted octanol–water partition coefficient (Wildman–Crippen LogP) is 1.60. The molecule has 0 bridgehead atoms. The molecular formula is C14H16N4O. The van der Waals surface area contributed by atoms with Gasteiger partial charge >= 0.3 is 0 Å². The predicted molar refractivity (Wildman–Crippen MR) is 69.7 cm³/mol. The van der Waals surface area contributed by atoms with E-state index in [-0.39, 0.29) is 0 Å². The molecule has 2 fully saturated rings. The molecule has 2 aromatic rings. The fraction of sp³-hybridized carbons (Fsp3) is 0.500. The standard InChI is InChI=1S/C14H16N4O/c19-13-4-3-11-2-1-10(8-18(11)13)14-12-7-15-5-6-17(12)9-16-14/h5-7,9-11H,1-4,8H2. The fourth-order valence-corrected chi connectivity index (χ4v) is 3.46. The summed E-state index contributed by atoms with van der Waals surface area (Å²) in [6, 6.07) is 0.482. The van der Waals surface area contributed by atoms with Crippen LogP contribution in [0.25, 0.3) is 5.52 Å². The average Bonchev–Trinajstić information content (AvgIpc) is 3.03. The second-order valence-corrected chi connectivity index (χ2v) is 5.51. The van der Waals surface area contributed by atoms with Crippen LogP contribution in [0.5, 0.6) is 0 Å². The molecule has 2 saturated heterocycles. The molecule has 1 amide bonds. The molecule has 4 rings (SSSR count). The van der Waals surface area contributed by atoms with Crippen molar-refractivity contribution in [3.63, 3.8) is 0 Å². The summed E-state index contributed by atoms with van der Waals surface area (Å²) in [7, 11) is 0. The van der Waals surface area contributed by atoms with Crippen molar-refractivity contribution in [3.8, 4) is 0 Å². The van der Waals surface area contributed by atoms with Crippen LogP contribution in [0, 0.1) is 0 Å². The van der Waals surface area contributed by atoms with E-state index in [1.807, 2.05) is 23.1 Å². The number of imidazole rings is 1. The highest BCUT2D eigenvalue weighted by Crippen LogP contribution is 2.35. The zero-order chi connectivity index (χ0) is 12.8. The maximum absolute atomic E-state index is 11.9. The Hall–Kier alpha value is -1.91. The van der Waals surface area contributed by atoms with Crippen LogP contribution in [-0.2, 0) is 4.79 Å². The van der Waals surface area contributed by atoms with E-state index >= 15 is 0 Å². The molecule has 2 atom stereocenters. The Morgan fingerprint density at radius 3 is 3.16 bits per heavy atom.